The first-order valence-electron chi connectivity index (χ1n) is 4.40. The summed E-state index contributed by atoms with van der Waals surface area (Å²) in [5, 5.41) is 0. The van der Waals surface area contributed by atoms with Gasteiger partial charge in [0, 0.05) is 4.47 Å². The van der Waals surface area contributed by atoms with Gasteiger partial charge in [-0.1, -0.05) is 15.9 Å². The summed E-state index contributed by atoms with van der Waals surface area (Å²) in [5.74, 6) is 0.0956. The first kappa shape index (κ1) is 13.2. The zero-order valence-corrected chi connectivity index (χ0v) is 11.5. The Labute approximate surface area is 103 Å². The van der Waals surface area contributed by atoms with Crippen molar-refractivity contribution in [2.24, 2.45) is 0 Å². The number of carbonyl (C=O) groups is 1. The zero-order valence-electron chi connectivity index (χ0n) is 9.07. The molecule has 88 valence electrons. The van der Waals surface area contributed by atoms with Crippen molar-refractivity contribution in [2.45, 2.75) is 13.8 Å². The van der Waals surface area contributed by atoms with Gasteiger partial charge in [0.15, 0.2) is 12.0 Å². The second-order valence-electron chi connectivity index (χ2n) is 3.45. The van der Waals surface area contributed by atoms with Crippen LogP contribution in [-0.4, -0.2) is 21.0 Å². The molecule has 0 saturated carbocycles. The fourth-order valence-electron chi connectivity index (χ4n) is 1.28. The SMILES string of the molecule is Cc1cc(Br)c(C)c(C=O)c1OS(C)(=O)=O. The molecule has 0 aliphatic heterocycles. The van der Waals surface area contributed by atoms with E-state index in [-0.39, 0.29) is 11.3 Å². The fourth-order valence-corrected chi connectivity index (χ4v) is 2.36. The number of aldehydes is 1. The van der Waals surface area contributed by atoms with E-state index in [0.29, 0.717) is 17.4 Å². The van der Waals surface area contributed by atoms with E-state index in [9.17, 15) is 13.2 Å². The first-order valence-corrected chi connectivity index (χ1v) is 7.01. The molecule has 0 spiro atoms. The van der Waals surface area contributed by atoms with Crippen molar-refractivity contribution in [3.63, 3.8) is 0 Å². The Morgan fingerprint density at radius 2 is 1.94 bits per heavy atom. The topological polar surface area (TPSA) is 60.4 Å². The average molecular weight is 307 g/mol. The largest absolute Gasteiger partial charge is 0.382 e. The normalized spacial score (nSPS) is 11.2. The van der Waals surface area contributed by atoms with Crippen LogP contribution in [0.25, 0.3) is 0 Å². The lowest BCUT2D eigenvalue weighted by molar-refractivity contribution is 0.112. The van der Waals surface area contributed by atoms with Gasteiger partial charge in [0.1, 0.15) is 0 Å². The summed E-state index contributed by atoms with van der Waals surface area (Å²) in [6, 6.07) is 1.71. The Bertz CT molecular complexity index is 534. The zero-order chi connectivity index (χ0) is 12.5. The molecule has 0 unspecified atom stereocenters. The van der Waals surface area contributed by atoms with Crippen LogP contribution in [0.3, 0.4) is 0 Å². The van der Waals surface area contributed by atoms with Crippen LogP contribution in [0.5, 0.6) is 5.75 Å². The van der Waals surface area contributed by atoms with Crippen molar-refractivity contribution in [1.82, 2.24) is 0 Å². The molecule has 0 aromatic heterocycles. The van der Waals surface area contributed by atoms with Gasteiger partial charge in [-0.15, -0.1) is 0 Å². The molecule has 4 nitrogen and oxygen atoms in total. The fraction of sp³-hybridized carbons (Fsp3) is 0.300. The van der Waals surface area contributed by atoms with Crippen molar-refractivity contribution in [1.29, 1.82) is 0 Å². The lowest BCUT2D eigenvalue weighted by Crippen LogP contribution is -2.09. The van der Waals surface area contributed by atoms with Crippen LogP contribution in [0.2, 0.25) is 0 Å². The molecular weight excluding hydrogens is 296 g/mol. The molecule has 0 saturated heterocycles. The van der Waals surface area contributed by atoms with Gasteiger partial charge in [-0.25, -0.2) is 0 Å². The summed E-state index contributed by atoms with van der Waals surface area (Å²) in [5.41, 5.74) is 1.49. The summed E-state index contributed by atoms with van der Waals surface area (Å²) in [7, 11) is -3.64. The first-order chi connectivity index (χ1) is 7.26. The van der Waals surface area contributed by atoms with E-state index in [4.69, 9.17) is 4.18 Å². The molecule has 0 atom stereocenters. The number of benzene rings is 1. The standard InChI is InChI=1S/C10H11BrO4S/c1-6-4-9(11)7(2)8(5-12)10(6)15-16(3,13)14/h4-5H,1-3H3. The maximum absolute atomic E-state index is 11.1. The summed E-state index contributed by atoms with van der Waals surface area (Å²) in [6.45, 7) is 3.39. The molecule has 0 N–H and O–H groups in total. The monoisotopic (exact) mass is 306 g/mol. The minimum Gasteiger partial charge on any atom is -0.382 e. The molecule has 0 fully saturated rings. The van der Waals surface area contributed by atoms with Gasteiger partial charge in [-0.3, -0.25) is 4.79 Å². The highest BCUT2D eigenvalue weighted by Crippen LogP contribution is 2.31. The number of carbonyl (C=O) groups excluding carboxylic acids is 1. The molecule has 0 radical (unpaired) electrons. The molecule has 0 aliphatic rings. The minimum absolute atomic E-state index is 0.0956. The Morgan fingerprint density at radius 3 is 2.38 bits per heavy atom. The third-order valence-corrected chi connectivity index (χ3v) is 3.35. The van der Waals surface area contributed by atoms with Crippen LogP contribution < -0.4 is 4.18 Å². The number of aryl methyl sites for hydroxylation is 1. The predicted molar refractivity (Wildman–Crippen MR) is 64.5 cm³/mol. The Hall–Kier alpha value is -0.880. The molecule has 0 bridgehead atoms. The quantitative estimate of drug-likeness (QED) is 0.634. The van der Waals surface area contributed by atoms with Gasteiger partial charge in [0.25, 0.3) is 0 Å². The van der Waals surface area contributed by atoms with Crippen LogP contribution in [0.4, 0.5) is 0 Å². The summed E-state index contributed by atoms with van der Waals surface area (Å²) >= 11 is 3.29. The van der Waals surface area contributed by atoms with E-state index in [1.165, 1.54) is 0 Å². The lowest BCUT2D eigenvalue weighted by Gasteiger charge is -2.12. The third kappa shape index (κ3) is 2.82. The van der Waals surface area contributed by atoms with Crippen molar-refractivity contribution in [3.05, 3.63) is 27.2 Å². The lowest BCUT2D eigenvalue weighted by atomic mass is 10.1. The van der Waals surface area contributed by atoms with Crippen LogP contribution >= 0.6 is 15.9 Å². The third-order valence-electron chi connectivity index (χ3n) is 2.06. The van der Waals surface area contributed by atoms with Gasteiger partial charge in [0.05, 0.1) is 11.8 Å². The molecule has 0 heterocycles. The molecule has 1 aromatic rings. The number of hydrogen-bond donors (Lipinski definition) is 0. The Morgan fingerprint density at radius 1 is 1.38 bits per heavy atom. The second kappa shape index (κ2) is 4.55. The second-order valence-corrected chi connectivity index (χ2v) is 5.88. The van der Waals surface area contributed by atoms with Crippen molar-refractivity contribution in [3.8, 4) is 5.75 Å². The van der Waals surface area contributed by atoms with Gasteiger partial charge in [-0.05, 0) is 31.0 Å². The molecule has 0 amide bonds. The highest BCUT2D eigenvalue weighted by atomic mass is 79.9. The van der Waals surface area contributed by atoms with E-state index in [2.05, 4.69) is 15.9 Å². The maximum atomic E-state index is 11.1. The Kier molecular flexibility index (Phi) is 3.75. The smallest absolute Gasteiger partial charge is 0.306 e. The van der Waals surface area contributed by atoms with Crippen LogP contribution in [-0.2, 0) is 10.1 Å². The van der Waals surface area contributed by atoms with Gasteiger partial charge < -0.3 is 4.18 Å². The minimum atomic E-state index is -3.64. The van der Waals surface area contributed by atoms with E-state index in [0.717, 1.165) is 10.7 Å². The van der Waals surface area contributed by atoms with E-state index < -0.39 is 10.1 Å². The molecule has 1 aromatic carbocycles. The van der Waals surface area contributed by atoms with Crippen LogP contribution in [0.1, 0.15) is 21.5 Å². The number of rotatable bonds is 3. The van der Waals surface area contributed by atoms with Crippen LogP contribution in [0, 0.1) is 13.8 Å². The van der Waals surface area contributed by atoms with Gasteiger partial charge in [-0.2, -0.15) is 8.42 Å². The van der Waals surface area contributed by atoms with Crippen molar-refractivity contribution in [2.75, 3.05) is 6.26 Å². The van der Waals surface area contributed by atoms with Crippen LogP contribution in [0.15, 0.2) is 10.5 Å². The number of halogens is 1. The van der Waals surface area contributed by atoms with Gasteiger partial charge >= 0.3 is 10.1 Å². The average Bonchev–Trinajstić information content (AvgIpc) is 2.13. The number of hydrogen-bond acceptors (Lipinski definition) is 4. The highest BCUT2D eigenvalue weighted by molar-refractivity contribution is 9.10. The Balaban J connectivity index is 3.49. The predicted octanol–water partition coefficient (Wildman–Crippen LogP) is 2.22. The molecule has 6 heteroatoms. The van der Waals surface area contributed by atoms with E-state index >= 15 is 0 Å². The van der Waals surface area contributed by atoms with Crippen molar-refractivity contribution < 1.29 is 17.4 Å². The van der Waals surface area contributed by atoms with Gasteiger partial charge in [0.2, 0.25) is 0 Å². The molecule has 1 rings (SSSR count). The molecular formula is C10H11BrO4S. The highest BCUT2D eigenvalue weighted by Gasteiger charge is 2.16. The van der Waals surface area contributed by atoms with Crippen molar-refractivity contribution >= 4 is 32.3 Å². The molecule has 0 aliphatic carbocycles. The summed E-state index contributed by atoms with van der Waals surface area (Å²) in [4.78, 5) is 10.9. The molecule has 16 heavy (non-hydrogen) atoms. The maximum Gasteiger partial charge on any atom is 0.306 e. The van der Waals surface area contributed by atoms with E-state index in [1.807, 2.05) is 0 Å². The van der Waals surface area contributed by atoms with E-state index in [1.54, 1.807) is 19.9 Å². The summed E-state index contributed by atoms with van der Waals surface area (Å²) in [6.07, 6.45) is 1.53. The summed E-state index contributed by atoms with van der Waals surface area (Å²) < 4.78 is 27.7.